The molecule has 0 radical (unpaired) electrons. The predicted octanol–water partition coefficient (Wildman–Crippen LogP) is 1.00. The minimum absolute atomic E-state index is 0.0175. The Hall–Kier alpha value is -1.14. The van der Waals surface area contributed by atoms with E-state index in [-0.39, 0.29) is 12.4 Å². The molecule has 1 heterocycles. The molecule has 0 bridgehead atoms. The Morgan fingerprint density at radius 2 is 2.11 bits per heavy atom. The average molecular weight is 272 g/mol. The van der Waals surface area contributed by atoms with Crippen LogP contribution in [0.4, 0.5) is 0 Å². The third-order valence-corrected chi connectivity index (χ3v) is 3.12. The van der Waals surface area contributed by atoms with Gasteiger partial charge in [-0.15, -0.1) is 0 Å². The van der Waals surface area contributed by atoms with Crippen LogP contribution in [0.5, 0.6) is 5.75 Å². The molecule has 0 aliphatic rings. The summed E-state index contributed by atoms with van der Waals surface area (Å²) < 4.78 is 27.1. The first-order valence-electron chi connectivity index (χ1n) is 5.85. The van der Waals surface area contributed by atoms with Gasteiger partial charge in [-0.1, -0.05) is 13.8 Å². The van der Waals surface area contributed by atoms with Gasteiger partial charge in [-0.3, -0.25) is 4.98 Å². The average Bonchev–Trinajstić information content (AvgIpc) is 2.26. The lowest BCUT2D eigenvalue weighted by Crippen LogP contribution is -2.22. The molecule has 0 aliphatic carbocycles. The van der Waals surface area contributed by atoms with Crippen LogP contribution in [-0.4, -0.2) is 38.1 Å². The number of rotatable bonds is 7. The Balaban J connectivity index is 2.40. The van der Waals surface area contributed by atoms with E-state index in [9.17, 15) is 8.42 Å². The molecule has 1 aromatic rings. The summed E-state index contributed by atoms with van der Waals surface area (Å²) in [7, 11) is -2.98. The van der Waals surface area contributed by atoms with Crippen LogP contribution in [0, 0.1) is 0 Å². The summed E-state index contributed by atoms with van der Waals surface area (Å²) in [4.78, 5) is 4.23. The van der Waals surface area contributed by atoms with Gasteiger partial charge in [0.2, 0.25) is 0 Å². The van der Waals surface area contributed by atoms with E-state index in [1.54, 1.807) is 12.3 Å². The second kappa shape index (κ2) is 6.70. The third kappa shape index (κ3) is 6.56. The zero-order chi connectivity index (χ0) is 13.6. The highest BCUT2D eigenvalue weighted by Gasteiger charge is 2.03. The van der Waals surface area contributed by atoms with Crippen molar-refractivity contribution in [2.45, 2.75) is 26.4 Å². The number of aromatic nitrogens is 1. The summed E-state index contributed by atoms with van der Waals surface area (Å²) in [6.45, 7) is 5.01. The largest absolute Gasteiger partial charge is 0.491 e. The second-order valence-corrected chi connectivity index (χ2v) is 6.76. The first kappa shape index (κ1) is 14.9. The SMILES string of the molecule is CC(C)NCc1ccc(OCCS(C)(=O)=O)cn1. The fourth-order valence-electron chi connectivity index (χ4n) is 1.22. The van der Waals surface area contributed by atoms with Crippen LogP contribution in [-0.2, 0) is 16.4 Å². The van der Waals surface area contributed by atoms with E-state index in [4.69, 9.17) is 4.74 Å². The van der Waals surface area contributed by atoms with Gasteiger partial charge in [-0.05, 0) is 12.1 Å². The molecule has 0 aliphatic heterocycles. The van der Waals surface area contributed by atoms with Crippen LogP contribution in [0.3, 0.4) is 0 Å². The topological polar surface area (TPSA) is 68.3 Å². The maximum Gasteiger partial charge on any atom is 0.150 e. The van der Waals surface area contributed by atoms with Gasteiger partial charge in [0.1, 0.15) is 12.4 Å². The molecule has 6 heteroatoms. The highest BCUT2D eigenvalue weighted by Crippen LogP contribution is 2.09. The molecule has 0 fully saturated rings. The maximum atomic E-state index is 10.9. The smallest absolute Gasteiger partial charge is 0.150 e. The minimum Gasteiger partial charge on any atom is -0.491 e. The zero-order valence-corrected chi connectivity index (χ0v) is 11.8. The van der Waals surface area contributed by atoms with Crippen molar-refractivity contribution in [1.29, 1.82) is 0 Å². The van der Waals surface area contributed by atoms with Crippen LogP contribution in [0.25, 0.3) is 0 Å². The standard InChI is InChI=1S/C12H20N2O3S/c1-10(2)13-8-11-4-5-12(9-14-11)17-6-7-18(3,15)16/h4-5,9-10,13H,6-8H2,1-3H3. The van der Waals surface area contributed by atoms with Gasteiger partial charge in [-0.2, -0.15) is 0 Å². The summed E-state index contributed by atoms with van der Waals surface area (Å²) in [5.74, 6) is 0.607. The van der Waals surface area contributed by atoms with E-state index in [0.29, 0.717) is 18.3 Å². The molecule has 1 N–H and O–H groups in total. The Morgan fingerprint density at radius 1 is 1.39 bits per heavy atom. The molecule has 1 rings (SSSR count). The lowest BCUT2D eigenvalue weighted by Gasteiger charge is -2.08. The lowest BCUT2D eigenvalue weighted by molar-refractivity contribution is 0.339. The van der Waals surface area contributed by atoms with Crippen molar-refractivity contribution in [2.24, 2.45) is 0 Å². The molecule has 0 aromatic carbocycles. The molecule has 0 saturated carbocycles. The Bertz CT molecular complexity index is 455. The van der Waals surface area contributed by atoms with Crippen LogP contribution in [0.15, 0.2) is 18.3 Å². The molecule has 0 atom stereocenters. The molecule has 0 unspecified atom stereocenters. The number of nitrogens with zero attached hydrogens (tertiary/aromatic N) is 1. The van der Waals surface area contributed by atoms with Crippen molar-refractivity contribution >= 4 is 9.84 Å². The Morgan fingerprint density at radius 3 is 2.61 bits per heavy atom. The van der Waals surface area contributed by atoms with Gasteiger partial charge in [0, 0.05) is 18.8 Å². The number of hydrogen-bond donors (Lipinski definition) is 1. The zero-order valence-electron chi connectivity index (χ0n) is 11.0. The lowest BCUT2D eigenvalue weighted by atomic mass is 10.3. The second-order valence-electron chi connectivity index (χ2n) is 4.50. The van der Waals surface area contributed by atoms with Gasteiger partial charge in [-0.25, -0.2) is 8.42 Å². The summed E-state index contributed by atoms with van der Waals surface area (Å²) >= 11 is 0. The Kier molecular flexibility index (Phi) is 5.55. The van der Waals surface area contributed by atoms with E-state index < -0.39 is 9.84 Å². The van der Waals surface area contributed by atoms with Crippen molar-refractivity contribution in [3.05, 3.63) is 24.0 Å². The molecule has 102 valence electrons. The minimum atomic E-state index is -2.98. The molecular formula is C12H20N2O3S. The highest BCUT2D eigenvalue weighted by molar-refractivity contribution is 7.90. The molecule has 0 spiro atoms. The van der Waals surface area contributed by atoms with Crippen LogP contribution in [0.2, 0.25) is 0 Å². The quantitative estimate of drug-likeness (QED) is 0.802. The van der Waals surface area contributed by atoms with Crippen LogP contribution < -0.4 is 10.1 Å². The Labute approximate surface area is 108 Å². The van der Waals surface area contributed by atoms with E-state index in [0.717, 1.165) is 5.69 Å². The summed E-state index contributed by atoms with van der Waals surface area (Å²) in [5, 5.41) is 3.26. The predicted molar refractivity (Wildman–Crippen MR) is 71.4 cm³/mol. The van der Waals surface area contributed by atoms with Crippen molar-refractivity contribution < 1.29 is 13.2 Å². The fourth-order valence-corrected chi connectivity index (χ4v) is 1.61. The van der Waals surface area contributed by atoms with Crippen molar-refractivity contribution in [3.63, 3.8) is 0 Å². The number of nitrogens with one attached hydrogen (secondary N) is 1. The van der Waals surface area contributed by atoms with E-state index >= 15 is 0 Å². The van der Waals surface area contributed by atoms with Gasteiger partial charge in [0.25, 0.3) is 0 Å². The monoisotopic (exact) mass is 272 g/mol. The van der Waals surface area contributed by atoms with Crippen molar-refractivity contribution in [2.75, 3.05) is 18.6 Å². The van der Waals surface area contributed by atoms with Gasteiger partial charge < -0.3 is 10.1 Å². The molecule has 0 amide bonds. The molecule has 5 nitrogen and oxygen atoms in total. The van der Waals surface area contributed by atoms with Gasteiger partial charge >= 0.3 is 0 Å². The van der Waals surface area contributed by atoms with Crippen LogP contribution in [0.1, 0.15) is 19.5 Å². The maximum absolute atomic E-state index is 10.9. The van der Waals surface area contributed by atoms with E-state index in [2.05, 4.69) is 24.1 Å². The summed E-state index contributed by atoms with van der Waals surface area (Å²) in [5.41, 5.74) is 0.930. The first-order chi connectivity index (χ1) is 8.37. The van der Waals surface area contributed by atoms with Crippen LogP contribution >= 0.6 is 0 Å². The highest BCUT2D eigenvalue weighted by atomic mass is 32.2. The number of hydrogen-bond acceptors (Lipinski definition) is 5. The summed E-state index contributed by atoms with van der Waals surface area (Å²) in [6.07, 6.45) is 2.80. The van der Waals surface area contributed by atoms with Gasteiger partial charge in [0.05, 0.1) is 17.6 Å². The fraction of sp³-hybridized carbons (Fsp3) is 0.583. The van der Waals surface area contributed by atoms with E-state index in [1.165, 1.54) is 6.26 Å². The van der Waals surface area contributed by atoms with Crippen molar-refractivity contribution in [3.8, 4) is 5.75 Å². The molecule has 1 aromatic heterocycles. The summed E-state index contributed by atoms with van der Waals surface area (Å²) in [6, 6.07) is 4.08. The molecule has 0 saturated heterocycles. The number of sulfone groups is 1. The number of ether oxygens (including phenoxy) is 1. The normalized spacial score (nSPS) is 11.8. The number of pyridine rings is 1. The van der Waals surface area contributed by atoms with Crippen molar-refractivity contribution in [1.82, 2.24) is 10.3 Å². The molecule has 18 heavy (non-hydrogen) atoms. The first-order valence-corrected chi connectivity index (χ1v) is 7.92. The molecular weight excluding hydrogens is 252 g/mol. The van der Waals surface area contributed by atoms with E-state index in [1.807, 2.05) is 6.07 Å². The third-order valence-electron chi connectivity index (χ3n) is 2.21. The van der Waals surface area contributed by atoms with Gasteiger partial charge in [0.15, 0.2) is 9.84 Å².